The van der Waals surface area contributed by atoms with Crippen LogP contribution >= 0.6 is 0 Å². The fourth-order valence-electron chi connectivity index (χ4n) is 2.88. The lowest BCUT2D eigenvalue weighted by molar-refractivity contribution is -0.120. The number of benzene rings is 3. The number of carbonyl (C=O) groups excluding carboxylic acids is 2. The summed E-state index contributed by atoms with van der Waals surface area (Å²) in [6.45, 7) is 0.832. The second kappa shape index (κ2) is 11.3. The summed E-state index contributed by atoms with van der Waals surface area (Å²) in [6, 6.07) is 22.4. The van der Waals surface area contributed by atoms with Crippen LogP contribution in [0.2, 0.25) is 0 Å². The fraction of sp³-hybridized carbons (Fsp3) is 0.167. The molecule has 0 fully saturated rings. The smallest absolute Gasteiger partial charge is 0.315 e. The Bertz CT molecular complexity index is 1010. The highest BCUT2D eigenvalue weighted by molar-refractivity contribution is 5.78. The molecule has 0 heterocycles. The molecule has 3 aromatic carbocycles. The average molecular weight is 421 g/mol. The minimum atomic E-state index is -0.376. The summed E-state index contributed by atoms with van der Waals surface area (Å²) in [5, 5.41) is 8.15. The van der Waals surface area contributed by atoms with Gasteiger partial charge in [0.2, 0.25) is 5.91 Å². The number of rotatable bonds is 9. The molecule has 0 aliphatic rings. The maximum atomic E-state index is 13.1. The summed E-state index contributed by atoms with van der Waals surface area (Å²) in [7, 11) is 0. The third-order valence-corrected chi connectivity index (χ3v) is 4.37. The minimum Gasteiger partial charge on any atom is -0.457 e. The monoisotopic (exact) mass is 421 g/mol. The van der Waals surface area contributed by atoms with Crippen LogP contribution in [0, 0.1) is 5.82 Å². The number of amides is 3. The van der Waals surface area contributed by atoms with Crippen LogP contribution in [0.5, 0.6) is 11.5 Å². The van der Waals surface area contributed by atoms with E-state index in [0.29, 0.717) is 23.6 Å². The highest BCUT2D eigenvalue weighted by Crippen LogP contribution is 2.24. The maximum absolute atomic E-state index is 13.1. The van der Waals surface area contributed by atoms with Crippen LogP contribution in [0.1, 0.15) is 11.1 Å². The Morgan fingerprint density at radius 3 is 2.35 bits per heavy atom. The Morgan fingerprint density at radius 2 is 1.55 bits per heavy atom. The molecule has 3 aromatic rings. The summed E-state index contributed by atoms with van der Waals surface area (Å²) in [4.78, 5) is 23.9. The van der Waals surface area contributed by atoms with Crippen molar-refractivity contribution in [2.75, 3.05) is 13.1 Å². The van der Waals surface area contributed by atoms with Gasteiger partial charge in [-0.05, 0) is 35.9 Å². The van der Waals surface area contributed by atoms with Gasteiger partial charge < -0.3 is 20.7 Å². The summed E-state index contributed by atoms with van der Waals surface area (Å²) in [6.07, 6.45) is 0.0855. The van der Waals surface area contributed by atoms with Crippen molar-refractivity contribution < 1.29 is 18.7 Å². The van der Waals surface area contributed by atoms with Crippen molar-refractivity contribution >= 4 is 11.9 Å². The SMILES string of the molecule is O=C(Cc1cccc(F)c1)NCCNC(=O)NCc1ccccc1Oc1ccccc1. The van der Waals surface area contributed by atoms with Crippen LogP contribution in [0.4, 0.5) is 9.18 Å². The van der Waals surface area contributed by atoms with Crippen molar-refractivity contribution in [3.05, 3.63) is 95.8 Å². The highest BCUT2D eigenvalue weighted by atomic mass is 19.1. The van der Waals surface area contributed by atoms with Crippen LogP contribution in [-0.4, -0.2) is 25.0 Å². The summed E-state index contributed by atoms with van der Waals surface area (Å²) >= 11 is 0. The number of halogens is 1. The van der Waals surface area contributed by atoms with Crippen LogP contribution in [0.15, 0.2) is 78.9 Å². The van der Waals surface area contributed by atoms with Gasteiger partial charge in [0.1, 0.15) is 17.3 Å². The largest absolute Gasteiger partial charge is 0.457 e. The zero-order chi connectivity index (χ0) is 21.9. The molecule has 6 nitrogen and oxygen atoms in total. The second-order valence-corrected chi connectivity index (χ2v) is 6.79. The first-order valence-corrected chi connectivity index (χ1v) is 9.94. The van der Waals surface area contributed by atoms with Crippen LogP contribution < -0.4 is 20.7 Å². The van der Waals surface area contributed by atoms with Crippen molar-refractivity contribution in [1.82, 2.24) is 16.0 Å². The van der Waals surface area contributed by atoms with E-state index in [0.717, 1.165) is 5.56 Å². The number of ether oxygens (including phenoxy) is 1. The Hall–Kier alpha value is -3.87. The molecule has 3 amide bonds. The molecule has 31 heavy (non-hydrogen) atoms. The molecular weight excluding hydrogens is 397 g/mol. The third-order valence-electron chi connectivity index (χ3n) is 4.37. The van der Waals surface area contributed by atoms with Crippen LogP contribution in [-0.2, 0) is 17.8 Å². The predicted octanol–water partition coefficient (Wildman–Crippen LogP) is 3.78. The molecule has 0 aliphatic heterocycles. The van der Waals surface area contributed by atoms with Crippen molar-refractivity contribution in [3.8, 4) is 11.5 Å². The van der Waals surface area contributed by atoms with E-state index < -0.39 is 0 Å². The first-order valence-electron chi connectivity index (χ1n) is 9.94. The zero-order valence-electron chi connectivity index (χ0n) is 16.9. The lowest BCUT2D eigenvalue weighted by Gasteiger charge is -2.12. The van der Waals surface area contributed by atoms with Gasteiger partial charge in [-0.25, -0.2) is 9.18 Å². The lowest BCUT2D eigenvalue weighted by Crippen LogP contribution is -2.40. The Labute approximate surface area is 180 Å². The van der Waals surface area contributed by atoms with Crippen molar-refractivity contribution in [1.29, 1.82) is 0 Å². The minimum absolute atomic E-state index is 0.0855. The van der Waals surface area contributed by atoms with Gasteiger partial charge in [0.15, 0.2) is 0 Å². The number of hydrogen-bond acceptors (Lipinski definition) is 3. The quantitative estimate of drug-likeness (QED) is 0.460. The molecule has 3 rings (SSSR count). The number of urea groups is 1. The Kier molecular flexibility index (Phi) is 7.99. The predicted molar refractivity (Wildman–Crippen MR) is 116 cm³/mol. The molecule has 160 valence electrons. The van der Waals surface area contributed by atoms with E-state index in [4.69, 9.17) is 4.74 Å². The van der Waals surface area contributed by atoms with E-state index in [2.05, 4.69) is 16.0 Å². The fourth-order valence-corrected chi connectivity index (χ4v) is 2.88. The van der Waals surface area contributed by atoms with Gasteiger partial charge in [0, 0.05) is 25.2 Å². The first-order chi connectivity index (χ1) is 15.1. The van der Waals surface area contributed by atoms with Crippen LogP contribution in [0.3, 0.4) is 0 Å². The van der Waals surface area contributed by atoms with Gasteiger partial charge in [0.05, 0.1) is 6.42 Å². The van der Waals surface area contributed by atoms with Crippen molar-refractivity contribution in [3.63, 3.8) is 0 Å². The summed E-state index contributed by atoms with van der Waals surface area (Å²) in [5.41, 5.74) is 1.43. The first kappa shape index (κ1) is 21.8. The van der Waals surface area contributed by atoms with Gasteiger partial charge in [-0.1, -0.05) is 48.5 Å². The van der Waals surface area contributed by atoms with Gasteiger partial charge in [0.25, 0.3) is 0 Å². The molecule has 0 atom stereocenters. The third kappa shape index (κ3) is 7.47. The average Bonchev–Trinajstić information content (AvgIpc) is 2.77. The highest BCUT2D eigenvalue weighted by Gasteiger charge is 2.07. The number of hydrogen-bond donors (Lipinski definition) is 3. The zero-order valence-corrected chi connectivity index (χ0v) is 16.9. The second-order valence-electron chi connectivity index (χ2n) is 6.79. The molecule has 0 bridgehead atoms. The van der Waals surface area contributed by atoms with E-state index in [1.807, 2.05) is 54.6 Å². The molecule has 0 aromatic heterocycles. The molecule has 0 saturated carbocycles. The lowest BCUT2D eigenvalue weighted by atomic mass is 10.1. The molecule has 0 saturated heterocycles. The normalized spacial score (nSPS) is 10.2. The van der Waals surface area contributed by atoms with Crippen molar-refractivity contribution in [2.24, 2.45) is 0 Å². The summed E-state index contributed by atoms with van der Waals surface area (Å²) in [5.74, 6) is 0.770. The van der Waals surface area contributed by atoms with Gasteiger partial charge in [-0.3, -0.25) is 4.79 Å². The van der Waals surface area contributed by atoms with E-state index in [-0.39, 0.29) is 37.3 Å². The molecule has 7 heteroatoms. The summed E-state index contributed by atoms with van der Waals surface area (Å²) < 4.78 is 19.0. The maximum Gasteiger partial charge on any atom is 0.315 e. The Morgan fingerprint density at radius 1 is 0.806 bits per heavy atom. The topological polar surface area (TPSA) is 79.5 Å². The number of nitrogens with one attached hydrogen (secondary N) is 3. The van der Waals surface area contributed by atoms with E-state index in [9.17, 15) is 14.0 Å². The van der Waals surface area contributed by atoms with Crippen LogP contribution in [0.25, 0.3) is 0 Å². The molecule has 0 aliphatic carbocycles. The van der Waals surface area contributed by atoms with Gasteiger partial charge >= 0.3 is 6.03 Å². The van der Waals surface area contributed by atoms with Gasteiger partial charge in [-0.15, -0.1) is 0 Å². The number of carbonyl (C=O) groups is 2. The Balaban J connectivity index is 1.37. The van der Waals surface area contributed by atoms with E-state index in [1.165, 1.54) is 12.1 Å². The molecule has 0 radical (unpaired) electrons. The number of para-hydroxylation sites is 2. The van der Waals surface area contributed by atoms with E-state index >= 15 is 0 Å². The molecular formula is C24H24FN3O3. The molecule has 0 unspecified atom stereocenters. The van der Waals surface area contributed by atoms with Crippen molar-refractivity contribution in [2.45, 2.75) is 13.0 Å². The molecule has 3 N–H and O–H groups in total. The van der Waals surface area contributed by atoms with Gasteiger partial charge in [-0.2, -0.15) is 0 Å². The molecule has 0 spiro atoms. The van der Waals surface area contributed by atoms with E-state index in [1.54, 1.807) is 12.1 Å². The standard InChI is InChI=1S/C24H24FN3O3/c25-20-9-6-7-18(15-20)16-23(29)26-13-14-27-24(30)28-17-19-8-4-5-12-22(19)31-21-10-2-1-3-11-21/h1-12,15H,13-14,16-17H2,(H,26,29)(H2,27,28,30).